The van der Waals surface area contributed by atoms with Gasteiger partial charge in [0.25, 0.3) is 0 Å². The van der Waals surface area contributed by atoms with Crippen molar-refractivity contribution in [3.8, 4) is 5.75 Å². The second-order valence-electron chi connectivity index (χ2n) is 3.80. The van der Waals surface area contributed by atoms with Crippen molar-refractivity contribution in [1.29, 1.82) is 0 Å². The Balaban J connectivity index is 2.42. The smallest absolute Gasteiger partial charge is 0.228 e. The lowest BCUT2D eigenvalue weighted by atomic mass is 9.95. The van der Waals surface area contributed by atoms with Gasteiger partial charge in [-0.05, 0) is 30.5 Å². The normalized spacial score (nSPS) is 17.2. The van der Waals surface area contributed by atoms with Crippen molar-refractivity contribution < 1.29 is 13.9 Å². The third-order valence-electron chi connectivity index (χ3n) is 2.93. The molecule has 0 aromatic heterocycles. The first-order valence-corrected chi connectivity index (χ1v) is 4.74. The summed E-state index contributed by atoms with van der Waals surface area (Å²) in [5.41, 5.74) is 5.48. The van der Waals surface area contributed by atoms with Crippen LogP contribution >= 0.6 is 0 Å². The first-order chi connectivity index (χ1) is 7.10. The number of hydrogen-bond acceptors (Lipinski definition) is 2. The molecule has 2 N–H and O–H groups in total. The lowest BCUT2D eigenvalue weighted by Gasteiger charge is -2.12. The number of amides is 1. The SMILES string of the molecule is COc1cc(C2(C(N)=O)CC2)ccc1F. The molecular formula is C11H12FNO2. The van der Waals surface area contributed by atoms with Crippen LogP contribution in [0.2, 0.25) is 0 Å². The topological polar surface area (TPSA) is 52.3 Å². The van der Waals surface area contributed by atoms with Crippen molar-refractivity contribution in [2.24, 2.45) is 5.73 Å². The summed E-state index contributed by atoms with van der Waals surface area (Å²) in [4.78, 5) is 11.3. The number of methoxy groups -OCH3 is 1. The number of carbonyl (C=O) groups is 1. The maximum atomic E-state index is 13.1. The van der Waals surface area contributed by atoms with E-state index in [1.807, 2.05) is 0 Å². The lowest BCUT2D eigenvalue weighted by Crippen LogP contribution is -2.28. The zero-order valence-electron chi connectivity index (χ0n) is 8.42. The Bertz CT molecular complexity index is 413. The average molecular weight is 209 g/mol. The Hall–Kier alpha value is -1.58. The zero-order chi connectivity index (χ0) is 11.1. The quantitative estimate of drug-likeness (QED) is 0.817. The van der Waals surface area contributed by atoms with Gasteiger partial charge >= 0.3 is 0 Å². The summed E-state index contributed by atoms with van der Waals surface area (Å²) in [6, 6.07) is 4.44. The fourth-order valence-electron chi connectivity index (χ4n) is 1.76. The second kappa shape index (κ2) is 3.22. The van der Waals surface area contributed by atoms with Crippen molar-refractivity contribution in [2.75, 3.05) is 7.11 Å². The van der Waals surface area contributed by atoms with Gasteiger partial charge in [0.2, 0.25) is 5.91 Å². The zero-order valence-corrected chi connectivity index (χ0v) is 8.42. The van der Waals surface area contributed by atoms with Gasteiger partial charge in [-0.3, -0.25) is 4.79 Å². The summed E-state index contributed by atoms with van der Waals surface area (Å²) in [6.45, 7) is 0. The third-order valence-corrected chi connectivity index (χ3v) is 2.93. The highest BCUT2D eigenvalue weighted by Crippen LogP contribution is 2.48. The molecule has 0 unspecified atom stereocenters. The first kappa shape index (κ1) is 9.96. The fraction of sp³-hybridized carbons (Fsp3) is 0.364. The highest BCUT2D eigenvalue weighted by Gasteiger charge is 2.50. The number of halogens is 1. The number of rotatable bonds is 3. The summed E-state index contributed by atoms with van der Waals surface area (Å²) in [7, 11) is 1.39. The summed E-state index contributed by atoms with van der Waals surface area (Å²) in [5.74, 6) is -0.627. The average Bonchev–Trinajstić information content (AvgIpc) is 2.99. The van der Waals surface area contributed by atoms with Gasteiger partial charge in [-0.15, -0.1) is 0 Å². The Labute approximate surface area is 87.0 Å². The molecule has 0 heterocycles. The number of ether oxygens (including phenoxy) is 1. The molecule has 80 valence electrons. The summed E-state index contributed by atoms with van der Waals surface area (Å²) in [6.07, 6.45) is 1.47. The molecule has 15 heavy (non-hydrogen) atoms. The van der Waals surface area contributed by atoms with E-state index in [0.29, 0.717) is 0 Å². The van der Waals surface area contributed by atoms with Crippen LogP contribution in [0.4, 0.5) is 4.39 Å². The van der Waals surface area contributed by atoms with E-state index in [-0.39, 0.29) is 11.7 Å². The maximum Gasteiger partial charge on any atom is 0.228 e. The van der Waals surface area contributed by atoms with Gasteiger partial charge in [0, 0.05) is 0 Å². The number of benzene rings is 1. The number of nitrogens with two attached hydrogens (primary N) is 1. The maximum absolute atomic E-state index is 13.1. The van der Waals surface area contributed by atoms with Gasteiger partial charge in [0.15, 0.2) is 11.6 Å². The highest BCUT2D eigenvalue weighted by molar-refractivity contribution is 5.89. The van der Waals surface area contributed by atoms with Crippen molar-refractivity contribution in [2.45, 2.75) is 18.3 Å². The van der Waals surface area contributed by atoms with E-state index in [9.17, 15) is 9.18 Å². The highest BCUT2D eigenvalue weighted by atomic mass is 19.1. The van der Waals surface area contributed by atoms with Crippen LogP contribution in [0.3, 0.4) is 0 Å². The molecule has 1 aromatic rings. The van der Waals surface area contributed by atoms with E-state index in [1.165, 1.54) is 13.2 Å². The Kier molecular flexibility index (Phi) is 2.14. The van der Waals surface area contributed by atoms with E-state index >= 15 is 0 Å². The number of hydrogen-bond donors (Lipinski definition) is 1. The molecule has 0 spiro atoms. The summed E-state index contributed by atoms with van der Waals surface area (Å²) >= 11 is 0. The monoisotopic (exact) mass is 209 g/mol. The standard InChI is InChI=1S/C11H12FNO2/c1-15-9-6-7(2-3-8(9)12)11(4-5-11)10(13)14/h2-3,6H,4-5H2,1H3,(H2,13,14). The molecule has 4 heteroatoms. The molecule has 0 bridgehead atoms. The molecule has 1 fully saturated rings. The van der Waals surface area contributed by atoms with E-state index in [1.54, 1.807) is 12.1 Å². The molecule has 1 aliphatic carbocycles. The number of primary amides is 1. The molecule has 1 aliphatic rings. The van der Waals surface area contributed by atoms with Crippen LogP contribution in [0.25, 0.3) is 0 Å². The van der Waals surface area contributed by atoms with E-state index in [2.05, 4.69) is 0 Å². The number of carbonyl (C=O) groups excluding carboxylic acids is 1. The minimum Gasteiger partial charge on any atom is -0.494 e. The second-order valence-corrected chi connectivity index (χ2v) is 3.80. The van der Waals surface area contributed by atoms with Gasteiger partial charge in [-0.1, -0.05) is 6.07 Å². The van der Waals surface area contributed by atoms with Crippen LogP contribution < -0.4 is 10.5 Å². The summed E-state index contributed by atoms with van der Waals surface area (Å²) < 4.78 is 18.0. The predicted molar refractivity (Wildman–Crippen MR) is 53.1 cm³/mol. The van der Waals surface area contributed by atoms with Crippen LogP contribution in [0.5, 0.6) is 5.75 Å². The molecule has 3 nitrogen and oxygen atoms in total. The van der Waals surface area contributed by atoms with E-state index in [4.69, 9.17) is 10.5 Å². The molecule has 0 radical (unpaired) electrons. The van der Waals surface area contributed by atoms with Gasteiger partial charge < -0.3 is 10.5 Å². The first-order valence-electron chi connectivity index (χ1n) is 4.74. The molecule has 0 atom stereocenters. The Morgan fingerprint density at radius 1 is 1.53 bits per heavy atom. The third kappa shape index (κ3) is 1.46. The molecule has 1 saturated carbocycles. The Morgan fingerprint density at radius 2 is 2.20 bits per heavy atom. The van der Waals surface area contributed by atoms with Crippen LogP contribution in [0.1, 0.15) is 18.4 Å². The fourth-order valence-corrected chi connectivity index (χ4v) is 1.76. The molecule has 0 aliphatic heterocycles. The van der Waals surface area contributed by atoms with Crippen molar-refractivity contribution >= 4 is 5.91 Å². The van der Waals surface area contributed by atoms with Gasteiger partial charge in [0.05, 0.1) is 12.5 Å². The van der Waals surface area contributed by atoms with Gasteiger partial charge in [0.1, 0.15) is 0 Å². The van der Waals surface area contributed by atoms with Gasteiger partial charge in [-0.25, -0.2) is 4.39 Å². The minimum absolute atomic E-state index is 0.153. The molecule has 1 aromatic carbocycles. The van der Waals surface area contributed by atoms with Crippen LogP contribution in [0.15, 0.2) is 18.2 Å². The van der Waals surface area contributed by atoms with Crippen LogP contribution in [-0.4, -0.2) is 13.0 Å². The molecule has 1 amide bonds. The van der Waals surface area contributed by atoms with Crippen LogP contribution in [-0.2, 0) is 10.2 Å². The van der Waals surface area contributed by atoms with Crippen LogP contribution in [0, 0.1) is 5.82 Å². The van der Waals surface area contributed by atoms with E-state index in [0.717, 1.165) is 18.4 Å². The van der Waals surface area contributed by atoms with Gasteiger partial charge in [-0.2, -0.15) is 0 Å². The van der Waals surface area contributed by atoms with Crippen molar-refractivity contribution in [3.05, 3.63) is 29.6 Å². The molecular weight excluding hydrogens is 197 g/mol. The minimum atomic E-state index is -0.582. The van der Waals surface area contributed by atoms with E-state index < -0.39 is 11.2 Å². The molecule has 0 saturated heterocycles. The van der Waals surface area contributed by atoms with Crippen molar-refractivity contribution in [3.63, 3.8) is 0 Å². The largest absolute Gasteiger partial charge is 0.494 e. The summed E-state index contributed by atoms with van der Waals surface area (Å²) in [5, 5.41) is 0. The Morgan fingerprint density at radius 3 is 2.67 bits per heavy atom. The van der Waals surface area contributed by atoms with Crippen molar-refractivity contribution in [1.82, 2.24) is 0 Å². The predicted octanol–water partition coefficient (Wildman–Crippen LogP) is 1.35. The lowest BCUT2D eigenvalue weighted by molar-refractivity contribution is -0.120. The molecule has 2 rings (SSSR count).